The summed E-state index contributed by atoms with van der Waals surface area (Å²) in [5, 5.41) is 4.11. The van der Waals surface area contributed by atoms with Crippen molar-refractivity contribution in [1.29, 1.82) is 0 Å². The van der Waals surface area contributed by atoms with E-state index in [2.05, 4.69) is 5.32 Å². The van der Waals surface area contributed by atoms with Crippen LogP contribution in [0.25, 0.3) is 0 Å². The zero-order chi connectivity index (χ0) is 27.3. The van der Waals surface area contributed by atoms with Gasteiger partial charge >= 0.3 is 5.97 Å². The molecule has 0 aliphatic heterocycles. The van der Waals surface area contributed by atoms with Crippen molar-refractivity contribution < 1.29 is 24.0 Å². The number of nitrogens with one attached hydrogen (secondary N) is 1. The maximum atomic E-state index is 13.7. The summed E-state index contributed by atoms with van der Waals surface area (Å²) in [7, 11) is 0. The summed E-state index contributed by atoms with van der Waals surface area (Å²) >= 11 is 0. The van der Waals surface area contributed by atoms with E-state index in [1.165, 1.54) is 0 Å². The number of rotatable bonds is 14. The third-order valence-corrected chi connectivity index (χ3v) is 6.92. The molecule has 3 aromatic carbocycles. The molecular formula is C32H36N2O5. The zero-order valence-corrected chi connectivity index (χ0v) is 22.1. The Hall–Kier alpha value is -3.97. The lowest BCUT2D eigenvalue weighted by atomic mass is 9.97. The van der Waals surface area contributed by atoms with Gasteiger partial charge in [-0.2, -0.15) is 0 Å². The average Bonchev–Trinajstić information content (AvgIpc) is 3.49. The van der Waals surface area contributed by atoms with E-state index in [4.69, 9.17) is 9.57 Å². The highest BCUT2D eigenvalue weighted by Gasteiger charge is 2.30. The number of carbonyl (C=O) groups excluding carboxylic acids is 3. The number of hydrogen-bond acceptors (Lipinski definition) is 5. The van der Waals surface area contributed by atoms with Crippen LogP contribution >= 0.6 is 0 Å². The third-order valence-electron chi connectivity index (χ3n) is 6.92. The Bertz CT molecular complexity index is 1170. The lowest BCUT2D eigenvalue weighted by Crippen LogP contribution is -2.48. The van der Waals surface area contributed by atoms with E-state index < -0.39 is 17.9 Å². The van der Waals surface area contributed by atoms with Crippen LogP contribution in [0, 0.1) is 5.92 Å². The summed E-state index contributed by atoms with van der Waals surface area (Å²) < 4.78 is 5.79. The van der Waals surface area contributed by atoms with Gasteiger partial charge in [0, 0.05) is 6.42 Å². The van der Waals surface area contributed by atoms with Gasteiger partial charge in [-0.15, -0.1) is 0 Å². The molecule has 3 aromatic rings. The van der Waals surface area contributed by atoms with E-state index in [1.54, 1.807) is 0 Å². The van der Waals surface area contributed by atoms with Crippen LogP contribution in [0.5, 0.6) is 0 Å². The number of ether oxygens (including phenoxy) is 1. The summed E-state index contributed by atoms with van der Waals surface area (Å²) in [6.45, 7) is 0.233. The second-order valence-electron chi connectivity index (χ2n) is 9.94. The van der Waals surface area contributed by atoms with E-state index in [1.807, 2.05) is 91.0 Å². The van der Waals surface area contributed by atoms with Crippen molar-refractivity contribution in [2.75, 3.05) is 6.54 Å². The molecule has 1 unspecified atom stereocenters. The number of amides is 2. The molecule has 2 amide bonds. The smallest absolute Gasteiger partial charge is 0.329 e. The van der Waals surface area contributed by atoms with Crippen molar-refractivity contribution in [3.05, 3.63) is 108 Å². The molecule has 0 spiro atoms. The van der Waals surface area contributed by atoms with Crippen LogP contribution in [0.3, 0.4) is 0 Å². The molecule has 0 heterocycles. The van der Waals surface area contributed by atoms with Gasteiger partial charge in [0.1, 0.15) is 18.8 Å². The van der Waals surface area contributed by atoms with Crippen molar-refractivity contribution in [1.82, 2.24) is 10.4 Å². The average molecular weight is 529 g/mol. The minimum atomic E-state index is -0.839. The first-order chi connectivity index (χ1) is 19.1. The van der Waals surface area contributed by atoms with Crippen LogP contribution in [-0.4, -0.2) is 42.0 Å². The first-order valence-electron chi connectivity index (χ1n) is 13.6. The standard InChI is InChI=1S/C32H36N2O5/c35-24-34(38-23-27-16-8-3-9-17-27)22-28(20-25-12-4-1-5-13-25)31(36)33-30(21-26-14-6-2-7-15-26)32(37)39-29-18-10-11-19-29/h1-9,12-17,24,28-30H,10-11,18-23H2,(H,33,36)/t28?,30-/m0/s1. The lowest BCUT2D eigenvalue weighted by Gasteiger charge is -2.26. The largest absolute Gasteiger partial charge is 0.461 e. The molecule has 0 radical (unpaired) electrons. The molecule has 0 aromatic heterocycles. The van der Waals surface area contributed by atoms with E-state index in [0.29, 0.717) is 19.3 Å². The van der Waals surface area contributed by atoms with Crippen LogP contribution in [-0.2, 0) is 43.4 Å². The minimum absolute atomic E-state index is 0.0345. The third kappa shape index (κ3) is 9.07. The van der Waals surface area contributed by atoms with E-state index >= 15 is 0 Å². The molecule has 0 saturated heterocycles. The first kappa shape index (κ1) is 28.0. The Morgan fingerprint density at radius 1 is 0.821 bits per heavy atom. The number of hydroxylamine groups is 2. The van der Waals surface area contributed by atoms with Gasteiger partial charge in [-0.25, -0.2) is 9.86 Å². The monoisotopic (exact) mass is 528 g/mol. The Labute approximate surface area is 230 Å². The summed E-state index contributed by atoms with van der Waals surface area (Å²) in [5.41, 5.74) is 2.78. The van der Waals surface area contributed by atoms with Crippen LogP contribution in [0.1, 0.15) is 42.4 Å². The summed E-state index contributed by atoms with van der Waals surface area (Å²) in [6.07, 6.45) is 4.95. The van der Waals surface area contributed by atoms with Crippen LogP contribution in [0.15, 0.2) is 91.0 Å². The molecule has 204 valence electrons. The molecule has 0 bridgehead atoms. The van der Waals surface area contributed by atoms with Gasteiger partial charge in [0.25, 0.3) is 0 Å². The molecule has 7 nitrogen and oxygen atoms in total. The SMILES string of the molecule is O=CN(CC(Cc1ccccc1)C(=O)N[C@@H](Cc1ccccc1)C(=O)OC1CCCC1)OCc1ccccc1. The highest BCUT2D eigenvalue weighted by atomic mass is 16.7. The van der Waals surface area contributed by atoms with Gasteiger partial charge in [0.15, 0.2) is 0 Å². The molecule has 2 atom stereocenters. The quantitative estimate of drug-likeness (QED) is 0.187. The zero-order valence-electron chi connectivity index (χ0n) is 22.1. The number of esters is 1. The molecule has 4 rings (SSSR count). The molecular weight excluding hydrogens is 492 g/mol. The van der Waals surface area contributed by atoms with Crippen molar-refractivity contribution in [3.8, 4) is 0 Å². The molecule has 1 aliphatic carbocycles. The molecule has 1 N–H and O–H groups in total. The fourth-order valence-corrected chi connectivity index (χ4v) is 4.80. The Morgan fingerprint density at radius 2 is 1.36 bits per heavy atom. The predicted molar refractivity (Wildman–Crippen MR) is 148 cm³/mol. The second kappa shape index (κ2) is 14.8. The summed E-state index contributed by atoms with van der Waals surface area (Å²) in [4.78, 5) is 44.6. The normalized spacial score (nSPS) is 14.8. The number of hydrogen-bond donors (Lipinski definition) is 1. The number of nitrogens with zero attached hydrogens (tertiary/aromatic N) is 1. The van der Waals surface area contributed by atoms with Crippen LogP contribution < -0.4 is 5.32 Å². The number of benzene rings is 3. The Kier molecular flexibility index (Phi) is 10.7. The van der Waals surface area contributed by atoms with Crippen molar-refractivity contribution in [2.24, 2.45) is 5.92 Å². The first-order valence-corrected chi connectivity index (χ1v) is 13.6. The topological polar surface area (TPSA) is 84.9 Å². The minimum Gasteiger partial charge on any atom is -0.461 e. The Balaban J connectivity index is 1.48. The fraction of sp³-hybridized carbons (Fsp3) is 0.344. The van der Waals surface area contributed by atoms with Gasteiger partial charge < -0.3 is 10.1 Å². The fourth-order valence-electron chi connectivity index (χ4n) is 4.80. The van der Waals surface area contributed by atoms with Crippen molar-refractivity contribution in [3.63, 3.8) is 0 Å². The number of carbonyl (C=O) groups is 3. The van der Waals surface area contributed by atoms with Crippen molar-refractivity contribution >= 4 is 18.3 Å². The second-order valence-corrected chi connectivity index (χ2v) is 9.94. The highest BCUT2D eigenvalue weighted by Crippen LogP contribution is 2.22. The molecule has 1 aliphatic rings. The molecule has 39 heavy (non-hydrogen) atoms. The maximum Gasteiger partial charge on any atom is 0.329 e. The lowest BCUT2D eigenvalue weighted by molar-refractivity contribution is -0.182. The summed E-state index contributed by atoms with van der Waals surface area (Å²) in [6, 6.07) is 27.8. The van der Waals surface area contributed by atoms with E-state index in [-0.39, 0.29) is 25.2 Å². The molecule has 1 fully saturated rings. The van der Waals surface area contributed by atoms with Gasteiger partial charge in [0.05, 0.1) is 12.5 Å². The predicted octanol–water partition coefficient (Wildman–Crippen LogP) is 4.65. The summed E-state index contributed by atoms with van der Waals surface area (Å²) in [5.74, 6) is -1.41. The maximum absolute atomic E-state index is 13.7. The van der Waals surface area contributed by atoms with Crippen LogP contribution in [0.4, 0.5) is 0 Å². The van der Waals surface area contributed by atoms with Gasteiger partial charge in [-0.05, 0) is 48.8 Å². The van der Waals surface area contributed by atoms with Gasteiger partial charge in [-0.1, -0.05) is 91.0 Å². The molecule has 7 heteroatoms. The molecule has 1 saturated carbocycles. The van der Waals surface area contributed by atoms with Gasteiger partial charge in [-0.3, -0.25) is 14.4 Å². The van der Waals surface area contributed by atoms with Gasteiger partial charge in [0.2, 0.25) is 12.3 Å². The van der Waals surface area contributed by atoms with E-state index in [0.717, 1.165) is 47.4 Å². The van der Waals surface area contributed by atoms with Crippen molar-refractivity contribution in [2.45, 2.75) is 57.3 Å². The van der Waals surface area contributed by atoms with E-state index in [9.17, 15) is 14.4 Å². The van der Waals surface area contributed by atoms with Crippen LogP contribution in [0.2, 0.25) is 0 Å². The Morgan fingerprint density at radius 3 is 1.92 bits per heavy atom. The highest BCUT2D eigenvalue weighted by molar-refractivity contribution is 5.86.